The Hall–Kier alpha value is -2.00. The lowest BCUT2D eigenvalue weighted by atomic mass is 10.1. The van der Waals surface area contributed by atoms with Gasteiger partial charge in [0.15, 0.2) is 0 Å². The van der Waals surface area contributed by atoms with E-state index in [1.807, 2.05) is 49.4 Å². The number of fused-ring (bicyclic) bond motifs is 1. The maximum atomic E-state index is 13.5. The Labute approximate surface area is 205 Å². The molecular formula is C24H22Br2N2O3S. The summed E-state index contributed by atoms with van der Waals surface area (Å²) in [6.07, 6.45) is 0.735. The van der Waals surface area contributed by atoms with Crippen LogP contribution in [0, 0.1) is 0 Å². The molecule has 1 aliphatic rings. The molecule has 3 aromatic carbocycles. The van der Waals surface area contributed by atoms with Gasteiger partial charge in [-0.1, -0.05) is 62.2 Å². The Bertz CT molecular complexity index is 1230. The van der Waals surface area contributed by atoms with Crippen molar-refractivity contribution in [2.24, 2.45) is 0 Å². The summed E-state index contributed by atoms with van der Waals surface area (Å²) in [7, 11) is -3.87. The number of rotatable bonds is 6. The largest absolute Gasteiger partial charge is 0.308 e. The first kappa shape index (κ1) is 23.2. The molecule has 8 heteroatoms. The molecular weight excluding hydrogens is 556 g/mol. The highest BCUT2D eigenvalue weighted by Gasteiger charge is 2.34. The van der Waals surface area contributed by atoms with Gasteiger partial charge in [0.25, 0.3) is 0 Å². The van der Waals surface area contributed by atoms with Crippen LogP contribution in [0.4, 0.5) is 5.69 Å². The average molecular weight is 578 g/mol. The monoisotopic (exact) mass is 576 g/mol. The summed E-state index contributed by atoms with van der Waals surface area (Å²) in [6.45, 7) is 1.84. The minimum Gasteiger partial charge on any atom is -0.308 e. The first-order valence-electron chi connectivity index (χ1n) is 10.2. The lowest BCUT2D eigenvalue weighted by Gasteiger charge is -2.27. The molecule has 0 aromatic heterocycles. The molecule has 0 fully saturated rings. The molecule has 4 rings (SSSR count). The number of amides is 1. The van der Waals surface area contributed by atoms with Gasteiger partial charge in [-0.3, -0.25) is 4.79 Å². The second-order valence-electron chi connectivity index (χ2n) is 7.80. The van der Waals surface area contributed by atoms with E-state index in [1.165, 1.54) is 4.31 Å². The van der Waals surface area contributed by atoms with E-state index < -0.39 is 10.0 Å². The number of hydrogen-bond donors (Lipinski definition) is 0. The molecule has 0 bridgehead atoms. The molecule has 166 valence electrons. The van der Waals surface area contributed by atoms with Crippen LogP contribution in [0.5, 0.6) is 0 Å². The molecule has 1 amide bonds. The lowest BCUT2D eigenvalue weighted by molar-refractivity contribution is -0.119. The van der Waals surface area contributed by atoms with Gasteiger partial charge < -0.3 is 4.90 Å². The topological polar surface area (TPSA) is 57.7 Å². The molecule has 0 unspecified atom stereocenters. The van der Waals surface area contributed by atoms with E-state index in [2.05, 4.69) is 31.9 Å². The van der Waals surface area contributed by atoms with Crippen molar-refractivity contribution in [3.8, 4) is 0 Å². The molecule has 0 saturated carbocycles. The van der Waals surface area contributed by atoms with E-state index in [0.717, 1.165) is 32.2 Å². The van der Waals surface area contributed by atoms with Gasteiger partial charge in [0.2, 0.25) is 15.9 Å². The number of carbonyl (C=O) groups is 1. The van der Waals surface area contributed by atoms with Crippen molar-refractivity contribution < 1.29 is 13.2 Å². The highest BCUT2D eigenvalue weighted by Crippen LogP contribution is 2.34. The van der Waals surface area contributed by atoms with Crippen molar-refractivity contribution in [2.75, 3.05) is 11.4 Å². The smallest absolute Gasteiger partial charge is 0.243 e. The van der Waals surface area contributed by atoms with E-state index in [1.54, 1.807) is 35.2 Å². The van der Waals surface area contributed by atoms with Crippen LogP contribution in [0.15, 0.2) is 86.6 Å². The quantitative estimate of drug-likeness (QED) is 0.395. The summed E-state index contributed by atoms with van der Waals surface area (Å²) in [5.41, 5.74) is 2.72. The molecule has 0 spiro atoms. The Balaban J connectivity index is 1.66. The number of benzene rings is 3. The van der Waals surface area contributed by atoms with Gasteiger partial charge in [0, 0.05) is 27.2 Å². The number of nitrogens with zero attached hydrogens (tertiary/aromatic N) is 2. The second-order valence-corrected chi connectivity index (χ2v) is 11.6. The number of halogens is 2. The third-order valence-electron chi connectivity index (χ3n) is 5.49. The molecule has 1 atom stereocenters. The lowest BCUT2D eigenvalue weighted by Crippen LogP contribution is -2.44. The molecule has 1 heterocycles. The maximum Gasteiger partial charge on any atom is 0.243 e. The molecule has 0 radical (unpaired) electrons. The first-order valence-corrected chi connectivity index (χ1v) is 13.2. The number of anilines is 1. The van der Waals surface area contributed by atoms with Gasteiger partial charge in [-0.15, -0.1) is 0 Å². The summed E-state index contributed by atoms with van der Waals surface area (Å²) < 4.78 is 30.1. The van der Waals surface area contributed by atoms with Crippen LogP contribution in [0.3, 0.4) is 0 Å². The Morgan fingerprint density at radius 1 is 1.00 bits per heavy atom. The zero-order valence-corrected chi connectivity index (χ0v) is 21.4. The van der Waals surface area contributed by atoms with Crippen molar-refractivity contribution in [1.29, 1.82) is 0 Å². The average Bonchev–Trinajstić information content (AvgIpc) is 3.10. The van der Waals surface area contributed by atoms with Crippen LogP contribution in [-0.4, -0.2) is 31.2 Å². The Kier molecular flexibility index (Phi) is 6.86. The van der Waals surface area contributed by atoms with Gasteiger partial charge in [0.05, 0.1) is 11.4 Å². The standard InChI is InChI=1S/C24H22Br2N2O3S/c1-17-13-19-14-21(26)11-12-23(19)28(17)24(29)16-27(15-18-7-9-20(25)10-8-18)32(30,31)22-5-3-2-4-6-22/h2-12,14,17H,13,15-16H2,1H3/t17-/m1/s1. The van der Waals surface area contributed by atoms with Gasteiger partial charge >= 0.3 is 0 Å². The van der Waals surface area contributed by atoms with Gasteiger partial charge in [-0.2, -0.15) is 4.31 Å². The second kappa shape index (κ2) is 9.47. The minimum absolute atomic E-state index is 0.0410. The number of sulfonamides is 1. The number of hydrogen-bond acceptors (Lipinski definition) is 3. The zero-order chi connectivity index (χ0) is 22.9. The van der Waals surface area contributed by atoms with E-state index in [9.17, 15) is 13.2 Å². The maximum absolute atomic E-state index is 13.5. The van der Waals surface area contributed by atoms with Crippen molar-refractivity contribution in [1.82, 2.24) is 4.31 Å². The predicted molar refractivity (Wildman–Crippen MR) is 133 cm³/mol. The van der Waals surface area contributed by atoms with Crippen LogP contribution in [0.25, 0.3) is 0 Å². The third-order valence-corrected chi connectivity index (χ3v) is 8.32. The van der Waals surface area contributed by atoms with E-state index >= 15 is 0 Å². The van der Waals surface area contributed by atoms with Crippen molar-refractivity contribution in [2.45, 2.75) is 30.8 Å². The van der Waals surface area contributed by atoms with Crippen LogP contribution < -0.4 is 4.90 Å². The highest BCUT2D eigenvalue weighted by molar-refractivity contribution is 9.10. The van der Waals surface area contributed by atoms with Crippen molar-refractivity contribution in [3.63, 3.8) is 0 Å². The highest BCUT2D eigenvalue weighted by atomic mass is 79.9. The van der Waals surface area contributed by atoms with Crippen LogP contribution in [0.1, 0.15) is 18.1 Å². The molecule has 0 N–H and O–H groups in total. The Morgan fingerprint density at radius 3 is 2.34 bits per heavy atom. The normalized spacial score (nSPS) is 15.8. The molecule has 0 aliphatic carbocycles. The van der Waals surface area contributed by atoms with Crippen molar-refractivity contribution in [3.05, 3.63) is 92.9 Å². The predicted octanol–water partition coefficient (Wildman–Crippen LogP) is 5.38. The van der Waals surface area contributed by atoms with E-state index in [4.69, 9.17) is 0 Å². The molecule has 32 heavy (non-hydrogen) atoms. The fourth-order valence-corrected chi connectivity index (χ4v) is 6.04. The van der Waals surface area contributed by atoms with Gasteiger partial charge in [-0.25, -0.2) is 8.42 Å². The van der Waals surface area contributed by atoms with Crippen LogP contribution in [0.2, 0.25) is 0 Å². The third kappa shape index (κ3) is 4.83. The van der Waals surface area contributed by atoms with E-state index in [-0.39, 0.29) is 29.9 Å². The minimum atomic E-state index is -3.87. The van der Waals surface area contributed by atoms with Gasteiger partial charge in [0.1, 0.15) is 0 Å². The summed E-state index contributed by atoms with van der Waals surface area (Å²) in [4.78, 5) is 15.3. The van der Waals surface area contributed by atoms with Crippen LogP contribution in [-0.2, 0) is 27.8 Å². The van der Waals surface area contributed by atoms with Gasteiger partial charge in [-0.05, 0) is 66.9 Å². The summed E-state index contributed by atoms with van der Waals surface area (Å²) >= 11 is 6.89. The zero-order valence-electron chi connectivity index (χ0n) is 17.4. The Morgan fingerprint density at radius 2 is 1.66 bits per heavy atom. The van der Waals surface area contributed by atoms with E-state index in [0.29, 0.717) is 0 Å². The van der Waals surface area contributed by atoms with Crippen molar-refractivity contribution >= 4 is 53.5 Å². The molecule has 5 nitrogen and oxygen atoms in total. The summed E-state index contributed by atoms with van der Waals surface area (Å²) in [5, 5.41) is 0. The summed E-state index contributed by atoms with van der Waals surface area (Å²) in [6, 6.07) is 21.5. The van der Waals surface area contributed by atoms with Crippen LogP contribution >= 0.6 is 31.9 Å². The molecule has 0 saturated heterocycles. The fourth-order valence-electron chi connectivity index (χ4n) is 3.97. The molecule has 1 aliphatic heterocycles. The molecule has 3 aromatic rings. The first-order chi connectivity index (χ1) is 15.3. The summed E-state index contributed by atoms with van der Waals surface area (Å²) in [5.74, 6) is -0.241. The fraction of sp³-hybridized carbons (Fsp3) is 0.208. The number of carbonyl (C=O) groups excluding carboxylic acids is 1. The SMILES string of the molecule is C[C@@H]1Cc2cc(Br)ccc2N1C(=O)CN(Cc1ccc(Br)cc1)S(=O)(=O)c1ccccc1.